The van der Waals surface area contributed by atoms with E-state index in [1.807, 2.05) is 0 Å². The van der Waals surface area contributed by atoms with Gasteiger partial charge in [-0.3, -0.25) is 9.00 Å². The second kappa shape index (κ2) is 8.42. The van der Waals surface area contributed by atoms with Crippen molar-refractivity contribution in [1.82, 2.24) is 5.32 Å². The topological polar surface area (TPSA) is 46.2 Å². The molecule has 1 aliphatic rings. The molecule has 0 bridgehead atoms. The van der Waals surface area contributed by atoms with Crippen molar-refractivity contribution in [2.75, 3.05) is 6.54 Å². The number of benzene rings is 1. The van der Waals surface area contributed by atoms with Crippen LogP contribution in [0.4, 0.5) is 4.39 Å². The number of amides is 1. The van der Waals surface area contributed by atoms with E-state index in [0.29, 0.717) is 12.5 Å². The lowest BCUT2D eigenvalue weighted by molar-refractivity contribution is -0.120. The zero-order valence-electron chi connectivity index (χ0n) is 13.0. The molecule has 0 saturated heterocycles. The molecule has 1 aromatic carbocycles. The van der Waals surface area contributed by atoms with E-state index < -0.39 is 16.0 Å². The average molecular weight is 325 g/mol. The molecule has 1 amide bonds. The van der Waals surface area contributed by atoms with Gasteiger partial charge in [0.1, 0.15) is 11.1 Å². The first-order valence-corrected chi connectivity index (χ1v) is 9.34. The third kappa shape index (κ3) is 5.20. The summed E-state index contributed by atoms with van der Waals surface area (Å²) in [7, 11) is -1.29. The van der Waals surface area contributed by atoms with E-state index in [9.17, 15) is 13.4 Å². The molecule has 1 fully saturated rings. The lowest BCUT2D eigenvalue weighted by atomic mass is 9.89. The van der Waals surface area contributed by atoms with Crippen molar-refractivity contribution in [3.05, 3.63) is 35.6 Å². The highest BCUT2D eigenvalue weighted by Gasteiger charge is 2.21. The molecule has 3 nitrogen and oxygen atoms in total. The van der Waals surface area contributed by atoms with E-state index in [-0.39, 0.29) is 17.5 Å². The second-order valence-electron chi connectivity index (χ2n) is 6.04. The Labute approximate surface area is 134 Å². The van der Waals surface area contributed by atoms with E-state index in [0.717, 1.165) is 5.56 Å². The first kappa shape index (κ1) is 17.1. The van der Waals surface area contributed by atoms with Crippen LogP contribution in [0.5, 0.6) is 0 Å². The number of hydrogen-bond donors (Lipinski definition) is 1. The molecule has 0 aliphatic heterocycles. The monoisotopic (exact) mass is 325 g/mol. The highest BCUT2D eigenvalue weighted by Crippen LogP contribution is 2.22. The molecule has 1 saturated carbocycles. The molecule has 0 spiro atoms. The van der Waals surface area contributed by atoms with Crippen LogP contribution in [0.15, 0.2) is 24.3 Å². The molecule has 1 N–H and O–H groups in total. The normalized spacial score (nSPS) is 18.6. The lowest BCUT2D eigenvalue weighted by Gasteiger charge is -2.22. The molecule has 2 rings (SSSR count). The summed E-state index contributed by atoms with van der Waals surface area (Å²) in [5.74, 6) is 0.382. The fraction of sp³-hybridized carbons (Fsp3) is 0.588. The summed E-state index contributed by atoms with van der Waals surface area (Å²) in [6, 6.07) is 5.92. The molecule has 0 radical (unpaired) electrons. The minimum atomic E-state index is -1.29. The standard InChI is InChI=1S/C17H24FNO2S/c1-13(17(20)19-11-14-5-3-2-4-6-14)22(21)12-15-7-9-16(18)10-8-15/h7-10,13-14H,2-6,11-12H2,1H3,(H,19,20)/t13-,22+/m0/s1. The molecule has 5 heteroatoms. The van der Waals surface area contributed by atoms with Gasteiger partial charge in [0.2, 0.25) is 5.91 Å². The second-order valence-corrected chi connectivity index (χ2v) is 7.80. The predicted octanol–water partition coefficient (Wildman–Crippen LogP) is 3.16. The molecule has 1 aliphatic carbocycles. The quantitative estimate of drug-likeness (QED) is 0.873. The molecule has 0 unspecified atom stereocenters. The van der Waals surface area contributed by atoms with Crippen LogP contribution in [-0.4, -0.2) is 21.9 Å². The Morgan fingerprint density at radius 3 is 2.55 bits per heavy atom. The van der Waals surface area contributed by atoms with E-state index in [2.05, 4.69) is 5.32 Å². The largest absolute Gasteiger partial charge is 0.355 e. The van der Waals surface area contributed by atoms with Crippen molar-refractivity contribution >= 4 is 16.7 Å². The Morgan fingerprint density at radius 2 is 1.91 bits per heavy atom. The molecule has 122 valence electrons. The van der Waals surface area contributed by atoms with Crippen LogP contribution in [0.2, 0.25) is 0 Å². The van der Waals surface area contributed by atoms with Crippen molar-refractivity contribution < 1.29 is 13.4 Å². The molecule has 0 aromatic heterocycles. The van der Waals surface area contributed by atoms with E-state index in [1.165, 1.54) is 44.2 Å². The Hall–Kier alpha value is -1.23. The molecular weight excluding hydrogens is 301 g/mol. The van der Waals surface area contributed by atoms with Crippen molar-refractivity contribution in [2.45, 2.75) is 50.0 Å². The van der Waals surface area contributed by atoms with Crippen LogP contribution < -0.4 is 5.32 Å². The fourth-order valence-electron chi connectivity index (χ4n) is 2.77. The highest BCUT2D eigenvalue weighted by atomic mass is 32.2. The summed E-state index contributed by atoms with van der Waals surface area (Å²) in [4.78, 5) is 12.1. The first-order chi connectivity index (χ1) is 10.6. The van der Waals surface area contributed by atoms with Crippen LogP contribution in [-0.2, 0) is 21.3 Å². The van der Waals surface area contributed by atoms with Gasteiger partial charge in [-0.05, 0) is 43.4 Å². The SMILES string of the molecule is C[C@@H](C(=O)NCC1CCCCC1)[S@](=O)Cc1ccc(F)cc1. The Balaban J connectivity index is 1.78. The van der Waals surface area contributed by atoms with Gasteiger partial charge in [0.15, 0.2) is 0 Å². The maximum Gasteiger partial charge on any atom is 0.235 e. The lowest BCUT2D eigenvalue weighted by Crippen LogP contribution is -2.38. The molecular formula is C17H24FNO2S. The summed E-state index contributed by atoms with van der Waals surface area (Å²) in [5, 5.41) is 2.39. The summed E-state index contributed by atoms with van der Waals surface area (Å²) >= 11 is 0. The van der Waals surface area contributed by atoms with Gasteiger partial charge in [-0.15, -0.1) is 0 Å². The van der Waals surface area contributed by atoms with Crippen LogP contribution in [0.3, 0.4) is 0 Å². The van der Waals surface area contributed by atoms with E-state index >= 15 is 0 Å². The van der Waals surface area contributed by atoms with Gasteiger partial charge in [0.05, 0.1) is 0 Å². The van der Waals surface area contributed by atoms with Gasteiger partial charge in [0.25, 0.3) is 0 Å². The van der Waals surface area contributed by atoms with Crippen LogP contribution in [0.1, 0.15) is 44.6 Å². The minimum Gasteiger partial charge on any atom is -0.355 e. The zero-order chi connectivity index (χ0) is 15.9. The number of halogens is 1. The summed E-state index contributed by atoms with van der Waals surface area (Å²) < 4.78 is 25.1. The minimum absolute atomic E-state index is 0.147. The first-order valence-electron chi connectivity index (χ1n) is 7.95. The predicted molar refractivity (Wildman–Crippen MR) is 87.3 cm³/mol. The molecule has 2 atom stereocenters. The number of nitrogens with one attached hydrogen (secondary N) is 1. The van der Waals surface area contributed by atoms with Crippen LogP contribution in [0, 0.1) is 11.7 Å². The van der Waals surface area contributed by atoms with E-state index in [1.54, 1.807) is 19.1 Å². The number of carbonyl (C=O) groups is 1. The van der Waals surface area contributed by atoms with Gasteiger partial charge in [-0.2, -0.15) is 0 Å². The highest BCUT2D eigenvalue weighted by molar-refractivity contribution is 7.85. The van der Waals surface area contributed by atoms with Gasteiger partial charge in [-0.1, -0.05) is 31.4 Å². The maximum atomic E-state index is 12.8. The number of rotatable bonds is 6. The van der Waals surface area contributed by atoms with Crippen molar-refractivity contribution in [3.63, 3.8) is 0 Å². The zero-order valence-corrected chi connectivity index (χ0v) is 13.8. The van der Waals surface area contributed by atoms with Crippen LogP contribution >= 0.6 is 0 Å². The molecule has 22 heavy (non-hydrogen) atoms. The fourth-order valence-corrected chi connectivity index (χ4v) is 3.86. The van der Waals surface area contributed by atoms with Crippen molar-refractivity contribution in [3.8, 4) is 0 Å². The number of carbonyl (C=O) groups excluding carboxylic acids is 1. The van der Waals surface area contributed by atoms with Crippen molar-refractivity contribution in [1.29, 1.82) is 0 Å². The Bertz CT molecular complexity index is 512. The third-order valence-electron chi connectivity index (χ3n) is 4.28. The summed E-state index contributed by atoms with van der Waals surface area (Å²) in [6.07, 6.45) is 6.13. The van der Waals surface area contributed by atoms with E-state index in [4.69, 9.17) is 0 Å². The molecule has 0 heterocycles. The summed E-state index contributed by atoms with van der Waals surface area (Å²) in [5.41, 5.74) is 0.784. The van der Waals surface area contributed by atoms with Gasteiger partial charge in [-0.25, -0.2) is 4.39 Å². The number of hydrogen-bond acceptors (Lipinski definition) is 2. The van der Waals surface area contributed by atoms with Crippen LogP contribution in [0.25, 0.3) is 0 Å². The van der Waals surface area contributed by atoms with Crippen molar-refractivity contribution in [2.24, 2.45) is 5.92 Å². The Kier molecular flexibility index (Phi) is 6.55. The third-order valence-corrected chi connectivity index (χ3v) is 5.90. The maximum absolute atomic E-state index is 12.8. The van der Waals surface area contributed by atoms with Gasteiger partial charge < -0.3 is 5.32 Å². The average Bonchev–Trinajstić information content (AvgIpc) is 2.55. The van der Waals surface area contributed by atoms with Gasteiger partial charge in [0, 0.05) is 23.1 Å². The van der Waals surface area contributed by atoms with Gasteiger partial charge >= 0.3 is 0 Å². The summed E-state index contributed by atoms with van der Waals surface area (Å²) in [6.45, 7) is 2.38. The Morgan fingerprint density at radius 1 is 1.27 bits per heavy atom. The smallest absolute Gasteiger partial charge is 0.235 e. The molecule has 1 aromatic rings.